The predicted molar refractivity (Wildman–Crippen MR) is 153 cm³/mol. The van der Waals surface area contributed by atoms with Gasteiger partial charge >= 0.3 is 0 Å². The molecular formula is C31H37O2Si2. The molecule has 0 spiro atoms. The minimum atomic E-state index is -2.09. The smallest absolute Gasteiger partial charge is 0.256 e. The van der Waals surface area contributed by atoms with E-state index in [1.54, 1.807) is 0 Å². The van der Waals surface area contributed by atoms with Crippen molar-refractivity contribution < 1.29 is 8.85 Å². The van der Waals surface area contributed by atoms with Gasteiger partial charge in [0.1, 0.15) is 0 Å². The number of hydrogen-bond donors (Lipinski definition) is 0. The number of benzene rings is 3. The molecule has 0 aliphatic carbocycles. The normalized spacial score (nSPS) is 19.7. The monoisotopic (exact) mass is 497 g/mol. The summed E-state index contributed by atoms with van der Waals surface area (Å²) in [4.78, 5) is 0. The van der Waals surface area contributed by atoms with E-state index in [-0.39, 0.29) is 6.10 Å². The molecule has 2 aliphatic rings. The average Bonchev–Trinajstić information content (AvgIpc) is 2.95. The first kappa shape index (κ1) is 25.6. The zero-order chi connectivity index (χ0) is 24.3. The first-order valence-electron chi connectivity index (χ1n) is 12.8. The second-order valence-corrected chi connectivity index (χ2v) is 15.0. The molecule has 5 rings (SSSR count). The lowest BCUT2D eigenvalue weighted by Gasteiger charge is -2.39. The van der Waals surface area contributed by atoms with Gasteiger partial charge in [0, 0.05) is 6.61 Å². The molecule has 2 saturated heterocycles. The summed E-state index contributed by atoms with van der Waals surface area (Å²) in [6.07, 6.45) is 9.01. The highest BCUT2D eigenvalue weighted by molar-refractivity contribution is 6.97. The molecule has 1 radical (unpaired) electrons. The second-order valence-electron chi connectivity index (χ2n) is 9.27. The average molecular weight is 498 g/mol. The minimum absolute atomic E-state index is 0.191. The van der Waals surface area contributed by atoms with E-state index in [0.717, 1.165) is 25.1 Å². The standard InChI is InChI=1S/C18H20OSi.C13H17OSi/c1-2-16-10-9-15-20(19-16,17-11-5-3-6-12-17)18-13-7-4-8-14-18;1-2-12-7-3-4-8-13(12)11-15-10-6-5-9-14-15/h2-8,11-14,16H,1,9-10,15H2;2-4,7-8H,1,5-6,9-11H2. The van der Waals surface area contributed by atoms with E-state index in [4.69, 9.17) is 8.85 Å². The van der Waals surface area contributed by atoms with E-state index >= 15 is 0 Å². The van der Waals surface area contributed by atoms with Gasteiger partial charge in [-0.1, -0.05) is 117 Å². The molecule has 0 bridgehead atoms. The Labute approximate surface area is 214 Å². The van der Waals surface area contributed by atoms with Crippen molar-refractivity contribution in [3.05, 3.63) is 115 Å². The van der Waals surface area contributed by atoms with E-state index in [1.807, 2.05) is 12.2 Å². The Hall–Kier alpha value is -2.51. The van der Waals surface area contributed by atoms with E-state index in [2.05, 4.69) is 98.1 Å². The van der Waals surface area contributed by atoms with Crippen molar-refractivity contribution in [3.63, 3.8) is 0 Å². The summed E-state index contributed by atoms with van der Waals surface area (Å²) in [6, 6.07) is 33.6. The van der Waals surface area contributed by atoms with Crippen LogP contribution in [0.3, 0.4) is 0 Å². The van der Waals surface area contributed by atoms with Crippen LogP contribution in [0.1, 0.15) is 36.8 Å². The summed E-state index contributed by atoms with van der Waals surface area (Å²) in [5.74, 6) is 0. The van der Waals surface area contributed by atoms with Crippen molar-refractivity contribution >= 4 is 33.8 Å². The molecular weight excluding hydrogens is 461 g/mol. The molecule has 181 valence electrons. The van der Waals surface area contributed by atoms with Crippen molar-refractivity contribution in [1.29, 1.82) is 0 Å². The van der Waals surface area contributed by atoms with Gasteiger partial charge in [-0.25, -0.2) is 0 Å². The Morgan fingerprint density at radius 1 is 0.829 bits per heavy atom. The fourth-order valence-electron chi connectivity index (χ4n) is 5.06. The third-order valence-corrected chi connectivity index (χ3v) is 13.5. The maximum absolute atomic E-state index is 6.62. The van der Waals surface area contributed by atoms with Gasteiger partial charge in [-0.2, -0.15) is 0 Å². The van der Waals surface area contributed by atoms with Crippen LogP contribution < -0.4 is 10.4 Å². The van der Waals surface area contributed by atoms with Crippen molar-refractivity contribution in [3.8, 4) is 0 Å². The van der Waals surface area contributed by atoms with Crippen LogP contribution in [0.15, 0.2) is 104 Å². The fraction of sp³-hybridized carbons (Fsp3) is 0.290. The highest BCUT2D eigenvalue weighted by Crippen LogP contribution is 2.26. The van der Waals surface area contributed by atoms with Crippen LogP contribution in [0.25, 0.3) is 6.08 Å². The van der Waals surface area contributed by atoms with Crippen LogP contribution >= 0.6 is 0 Å². The van der Waals surface area contributed by atoms with Gasteiger partial charge in [0.05, 0.1) is 6.10 Å². The summed E-state index contributed by atoms with van der Waals surface area (Å²) < 4.78 is 12.5. The van der Waals surface area contributed by atoms with E-state index < -0.39 is 17.4 Å². The number of hydrogen-bond acceptors (Lipinski definition) is 2. The Bertz CT molecular complexity index is 1020. The third-order valence-electron chi connectivity index (χ3n) is 6.93. The summed E-state index contributed by atoms with van der Waals surface area (Å²) in [7, 11) is -2.67. The quantitative estimate of drug-likeness (QED) is 0.293. The van der Waals surface area contributed by atoms with E-state index in [1.165, 1.54) is 46.8 Å². The Balaban J connectivity index is 0.000000172. The topological polar surface area (TPSA) is 18.5 Å². The molecule has 3 aromatic rings. The van der Waals surface area contributed by atoms with Crippen LogP contribution in [-0.2, 0) is 14.9 Å². The van der Waals surface area contributed by atoms with Crippen molar-refractivity contribution in [2.75, 3.05) is 6.61 Å². The fourth-order valence-corrected chi connectivity index (χ4v) is 11.5. The molecule has 2 nitrogen and oxygen atoms in total. The molecule has 2 fully saturated rings. The van der Waals surface area contributed by atoms with Crippen LogP contribution in [-0.4, -0.2) is 30.1 Å². The van der Waals surface area contributed by atoms with Crippen LogP contribution in [0.2, 0.25) is 12.1 Å². The van der Waals surface area contributed by atoms with Gasteiger partial charge < -0.3 is 8.85 Å². The highest BCUT2D eigenvalue weighted by Gasteiger charge is 2.43. The molecule has 1 atom stereocenters. The Morgan fingerprint density at radius 2 is 1.49 bits per heavy atom. The lowest BCUT2D eigenvalue weighted by molar-refractivity contribution is 0.213. The van der Waals surface area contributed by atoms with Gasteiger partial charge in [-0.3, -0.25) is 0 Å². The maximum atomic E-state index is 6.62. The molecule has 0 aromatic heterocycles. The molecule has 4 heteroatoms. The molecule has 3 aromatic carbocycles. The minimum Gasteiger partial charge on any atom is -0.416 e. The van der Waals surface area contributed by atoms with Gasteiger partial charge in [0.2, 0.25) is 9.04 Å². The highest BCUT2D eigenvalue weighted by atomic mass is 28.4. The van der Waals surface area contributed by atoms with Gasteiger partial charge in [-0.05, 0) is 52.5 Å². The van der Waals surface area contributed by atoms with E-state index in [0.29, 0.717) is 0 Å². The molecule has 0 saturated carbocycles. The summed E-state index contributed by atoms with van der Waals surface area (Å²) >= 11 is 0. The van der Waals surface area contributed by atoms with Gasteiger partial charge in [0.15, 0.2) is 0 Å². The predicted octanol–water partition coefficient (Wildman–Crippen LogP) is 6.32. The SMILES string of the molecule is C=CC1CCC[Si](c2ccccc2)(c2ccccc2)O1.C=Cc1ccccc1C[Si]1CCCCO1. The van der Waals surface area contributed by atoms with Crippen molar-refractivity contribution in [2.24, 2.45) is 0 Å². The zero-order valence-corrected chi connectivity index (χ0v) is 22.7. The summed E-state index contributed by atoms with van der Waals surface area (Å²) in [5.41, 5.74) is 2.67. The lowest BCUT2D eigenvalue weighted by atomic mass is 10.1. The second kappa shape index (κ2) is 13.0. The van der Waals surface area contributed by atoms with Gasteiger partial charge in [0.25, 0.3) is 8.32 Å². The zero-order valence-electron chi connectivity index (χ0n) is 20.7. The molecule has 2 aliphatic heterocycles. The third kappa shape index (κ3) is 6.59. The first-order valence-corrected chi connectivity index (χ1v) is 16.8. The first-order chi connectivity index (χ1) is 17.2. The summed E-state index contributed by atoms with van der Waals surface area (Å²) in [6.45, 7) is 8.77. The maximum Gasteiger partial charge on any atom is 0.256 e. The molecule has 35 heavy (non-hydrogen) atoms. The lowest BCUT2D eigenvalue weighted by Crippen LogP contribution is -2.63. The van der Waals surface area contributed by atoms with Crippen molar-refractivity contribution in [1.82, 2.24) is 0 Å². The molecule has 0 N–H and O–H groups in total. The molecule has 0 amide bonds. The van der Waals surface area contributed by atoms with Gasteiger partial charge in [-0.15, -0.1) is 6.58 Å². The largest absolute Gasteiger partial charge is 0.416 e. The Morgan fingerprint density at radius 3 is 2.09 bits per heavy atom. The molecule has 2 heterocycles. The van der Waals surface area contributed by atoms with Crippen LogP contribution in [0, 0.1) is 0 Å². The Kier molecular flexibility index (Phi) is 9.49. The summed E-state index contributed by atoms with van der Waals surface area (Å²) in [5, 5.41) is 2.75. The van der Waals surface area contributed by atoms with Crippen LogP contribution in [0.4, 0.5) is 0 Å². The molecule has 1 unspecified atom stereocenters. The van der Waals surface area contributed by atoms with Crippen LogP contribution in [0.5, 0.6) is 0 Å². The van der Waals surface area contributed by atoms with E-state index in [9.17, 15) is 0 Å². The number of rotatable bonds is 6. The van der Waals surface area contributed by atoms with Crippen molar-refractivity contribution in [2.45, 2.75) is 49.9 Å².